The van der Waals surface area contributed by atoms with Crippen molar-refractivity contribution in [2.75, 3.05) is 20.0 Å². The van der Waals surface area contributed by atoms with E-state index >= 15 is 0 Å². The van der Waals surface area contributed by atoms with Gasteiger partial charge in [-0.2, -0.15) is 8.78 Å². The maximum atomic E-state index is 12.5. The van der Waals surface area contributed by atoms with Crippen LogP contribution in [0.4, 0.5) is 17.6 Å². The SMILES string of the molecule is FC(F)C(F)(F)C1COCOC1. The minimum atomic E-state index is -4.01. The maximum absolute atomic E-state index is 12.5. The Morgan fingerprint density at radius 1 is 1.17 bits per heavy atom. The largest absolute Gasteiger partial charge is 0.355 e. The number of rotatable bonds is 2. The molecule has 2 nitrogen and oxygen atoms in total. The van der Waals surface area contributed by atoms with E-state index in [1.807, 2.05) is 0 Å². The minimum absolute atomic E-state index is 0.101. The van der Waals surface area contributed by atoms with Gasteiger partial charge in [0.05, 0.1) is 19.1 Å². The average Bonchev–Trinajstić information content (AvgIpc) is 2.06. The molecule has 1 aliphatic heterocycles. The second kappa shape index (κ2) is 3.57. The molecule has 0 amide bonds. The van der Waals surface area contributed by atoms with E-state index in [2.05, 4.69) is 9.47 Å². The molecule has 0 aromatic rings. The van der Waals surface area contributed by atoms with Crippen molar-refractivity contribution in [2.24, 2.45) is 5.92 Å². The third-order valence-electron chi connectivity index (χ3n) is 1.64. The summed E-state index contributed by atoms with van der Waals surface area (Å²) in [5.41, 5.74) is 0. The van der Waals surface area contributed by atoms with Crippen LogP contribution in [-0.2, 0) is 9.47 Å². The molecule has 12 heavy (non-hydrogen) atoms. The van der Waals surface area contributed by atoms with Gasteiger partial charge in [-0.05, 0) is 0 Å². The smallest absolute Gasteiger partial charge is 0.314 e. The van der Waals surface area contributed by atoms with Crippen LogP contribution in [-0.4, -0.2) is 32.4 Å². The standard InChI is InChI=1S/C6H8F4O2/c7-5(8)6(9,10)4-1-11-3-12-2-4/h4-5H,1-3H2. The van der Waals surface area contributed by atoms with Crippen molar-refractivity contribution in [3.63, 3.8) is 0 Å². The maximum Gasteiger partial charge on any atom is 0.314 e. The van der Waals surface area contributed by atoms with Crippen LogP contribution in [0.2, 0.25) is 0 Å². The fourth-order valence-corrected chi connectivity index (χ4v) is 0.888. The van der Waals surface area contributed by atoms with Gasteiger partial charge in [0.25, 0.3) is 0 Å². The molecule has 0 radical (unpaired) electrons. The molecule has 6 heteroatoms. The van der Waals surface area contributed by atoms with E-state index in [9.17, 15) is 17.6 Å². The lowest BCUT2D eigenvalue weighted by Crippen LogP contribution is -2.43. The zero-order valence-electron chi connectivity index (χ0n) is 6.10. The van der Waals surface area contributed by atoms with E-state index in [1.54, 1.807) is 0 Å². The van der Waals surface area contributed by atoms with Gasteiger partial charge in [-0.1, -0.05) is 0 Å². The molecule has 0 atom stereocenters. The Hall–Kier alpha value is -0.360. The zero-order valence-corrected chi connectivity index (χ0v) is 6.10. The molecule has 0 unspecified atom stereocenters. The Labute approximate surface area is 66.4 Å². The number of hydrogen-bond donors (Lipinski definition) is 0. The van der Waals surface area contributed by atoms with E-state index in [1.165, 1.54) is 0 Å². The molecule has 0 aromatic carbocycles. The summed E-state index contributed by atoms with van der Waals surface area (Å²) >= 11 is 0. The Bertz CT molecular complexity index is 144. The van der Waals surface area contributed by atoms with Crippen molar-refractivity contribution < 1.29 is 27.0 Å². The van der Waals surface area contributed by atoms with E-state index < -0.39 is 18.3 Å². The van der Waals surface area contributed by atoms with E-state index in [0.717, 1.165) is 0 Å². The van der Waals surface area contributed by atoms with Crippen LogP contribution in [0.5, 0.6) is 0 Å². The topological polar surface area (TPSA) is 18.5 Å². The van der Waals surface area contributed by atoms with Gasteiger partial charge in [0.15, 0.2) is 0 Å². The van der Waals surface area contributed by atoms with Crippen LogP contribution in [0, 0.1) is 5.92 Å². The van der Waals surface area contributed by atoms with E-state index in [0.29, 0.717) is 0 Å². The lowest BCUT2D eigenvalue weighted by molar-refractivity contribution is -0.230. The van der Waals surface area contributed by atoms with Crippen molar-refractivity contribution >= 4 is 0 Å². The van der Waals surface area contributed by atoms with Gasteiger partial charge < -0.3 is 9.47 Å². The van der Waals surface area contributed by atoms with Gasteiger partial charge in [0, 0.05) is 0 Å². The molecule has 0 saturated carbocycles. The highest BCUT2D eigenvalue weighted by atomic mass is 19.3. The molecule has 0 N–H and O–H groups in total. The first kappa shape index (κ1) is 9.73. The van der Waals surface area contributed by atoms with Gasteiger partial charge in [0.2, 0.25) is 0 Å². The first-order valence-electron chi connectivity index (χ1n) is 3.36. The second-order valence-corrected chi connectivity index (χ2v) is 2.53. The molecule has 0 aromatic heterocycles. The normalized spacial score (nSPS) is 21.8. The van der Waals surface area contributed by atoms with Crippen molar-refractivity contribution in [3.05, 3.63) is 0 Å². The predicted molar refractivity (Wildman–Crippen MR) is 31.2 cm³/mol. The minimum Gasteiger partial charge on any atom is -0.355 e. The van der Waals surface area contributed by atoms with E-state index in [4.69, 9.17) is 0 Å². The monoisotopic (exact) mass is 188 g/mol. The first-order valence-corrected chi connectivity index (χ1v) is 3.36. The van der Waals surface area contributed by atoms with Gasteiger partial charge in [-0.3, -0.25) is 0 Å². The molecule has 72 valence electrons. The summed E-state index contributed by atoms with van der Waals surface area (Å²) in [5.74, 6) is -5.55. The van der Waals surface area contributed by atoms with Crippen molar-refractivity contribution in [2.45, 2.75) is 12.3 Å². The molecular weight excluding hydrogens is 180 g/mol. The number of hydrogen-bond acceptors (Lipinski definition) is 2. The molecule has 1 saturated heterocycles. The van der Waals surface area contributed by atoms with Crippen LogP contribution in [0.15, 0.2) is 0 Å². The zero-order chi connectivity index (χ0) is 9.19. The van der Waals surface area contributed by atoms with E-state index in [-0.39, 0.29) is 20.0 Å². The molecular formula is C6H8F4O2. The molecule has 0 spiro atoms. The quantitative estimate of drug-likeness (QED) is 0.611. The van der Waals surface area contributed by atoms with Crippen molar-refractivity contribution in [3.8, 4) is 0 Å². The Morgan fingerprint density at radius 3 is 2.08 bits per heavy atom. The fourth-order valence-electron chi connectivity index (χ4n) is 0.888. The Morgan fingerprint density at radius 2 is 1.67 bits per heavy atom. The van der Waals surface area contributed by atoms with Gasteiger partial charge in [-0.25, -0.2) is 8.78 Å². The lowest BCUT2D eigenvalue weighted by Gasteiger charge is -2.28. The Balaban J connectivity index is 2.53. The number of ether oxygens (including phenoxy) is 2. The highest BCUT2D eigenvalue weighted by Gasteiger charge is 2.49. The average molecular weight is 188 g/mol. The van der Waals surface area contributed by atoms with Crippen LogP contribution < -0.4 is 0 Å². The molecule has 0 aliphatic carbocycles. The lowest BCUT2D eigenvalue weighted by atomic mass is 10.0. The highest BCUT2D eigenvalue weighted by molar-refractivity contribution is 4.80. The molecule has 1 rings (SSSR count). The van der Waals surface area contributed by atoms with Crippen LogP contribution >= 0.6 is 0 Å². The molecule has 0 bridgehead atoms. The van der Waals surface area contributed by atoms with Crippen LogP contribution in [0.3, 0.4) is 0 Å². The van der Waals surface area contributed by atoms with Gasteiger partial charge in [-0.15, -0.1) is 0 Å². The second-order valence-electron chi connectivity index (χ2n) is 2.53. The molecule has 1 heterocycles. The van der Waals surface area contributed by atoms with Crippen LogP contribution in [0.25, 0.3) is 0 Å². The first-order chi connectivity index (χ1) is 5.55. The summed E-state index contributed by atoms with van der Waals surface area (Å²) in [6.45, 7) is -0.857. The predicted octanol–water partition coefficient (Wildman–Crippen LogP) is 1.51. The molecule has 1 aliphatic rings. The van der Waals surface area contributed by atoms with Gasteiger partial charge >= 0.3 is 12.3 Å². The third-order valence-corrected chi connectivity index (χ3v) is 1.64. The van der Waals surface area contributed by atoms with Gasteiger partial charge in [0.1, 0.15) is 6.79 Å². The fraction of sp³-hybridized carbons (Fsp3) is 1.00. The van der Waals surface area contributed by atoms with Crippen LogP contribution in [0.1, 0.15) is 0 Å². The van der Waals surface area contributed by atoms with Crippen molar-refractivity contribution in [1.29, 1.82) is 0 Å². The Kier molecular flexibility index (Phi) is 2.89. The summed E-state index contributed by atoms with van der Waals surface area (Å²) in [6, 6.07) is 0. The van der Waals surface area contributed by atoms with Crippen molar-refractivity contribution in [1.82, 2.24) is 0 Å². The summed E-state index contributed by atoms with van der Waals surface area (Å²) in [4.78, 5) is 0. The third kappa shape index (κ3) is 1.87. The highest BCUT2D eigenvalue weighted by Crippen LogP contribution is 2.33. The summed E-state index contributed by atoms with van der Waals surface area (Å²) in [5, 5.41) is 0. The number of alkyl halides is 4. The molecule has 1 fully saturated rings. The summed E-state index contributed by atoms with van der Waals surface area (Å²) in [7, 11) is 0. The number of halogens is 4. The summed E-state index contributed by atoms with van der Waals surface area (Å²) < 4.78 is 57.5. The summed E-state index contributed by atoms with van der Waals surface area (Å²) in [6.07, 6.45) is -3.66.